The van der Waals surface area contributed by atoms with E-state index in [0.717, 1.165) is 36.0 Å². The molecule has 1 N–H and O–H groups in total. The molecule has 2 aromatic rings. The molecule has 1 aliphatic rings. The highest BCUT2D eigenvalue weighted by molar-refractivity contribution is 6.30. The number of ether oxygens (including phenoxy) is 1. The quantitative estimate of drug-likeness (QED) is 0.662. The summed E-state index contributed by atoms with van der Waals surface area (Å²) in [6.45, 7) is 0.183. The van der Waals surface area contributed by atoms with Crippen molar-refractivity contribution in [3.05, 3.63) is 69.8 Å². The Morgan fingerprint density at radius 3 is 2.52 bits per heavy atom. The number of carbonyl (C=O) groups is 1. The van der Waals surface area contributed by atoms with Gasteiger partial charge in [0.05, 0.1) is 0 Å². The van der Waals surface area contributed by atoms with Gasteiger partial charge < -0.3 is 9.84 Å². The lowest BCUT2D eigenvalue weighted by Crippen LogP contribution is -2.06. The molecule has 0 bridgehead atoms. The Balaban J connectivity index is 1.74. The van der Waals surface area contributed by atoms with E-state index in [1.165, 1.54) is 12.1 Å². The van der Waals surface area contributed by atoms with Gasteiger partial charge in [-0.25, -0.2) is 4.39 Å². The summed E-state index contributed by atoms with van der Waals surface area (Å²) in [6, 6.07) is 10.3. The van der Waals surface area contributed by atoms with Crippen molar-refractivity contribution in [1.29, 1.82) is 0 Å². The molecule has 0 fully saturated rings. The average Bonchev–Trinajstić information content (AvgIpc) is 3.11. The SMILES string of the molecule is O=C(O)CCc1ccc(OCC2=C(c3ccc(Cl)cc3)CCC2)c(F)c1F. The topological polar surface area (TPSA) is 46.5 Å². The highest BCUT2D eigenvalue weighted by Crippen LogP contribution is 2.35. The Morgan fingerprint density at radius 1 is 1.07 bits per heavy atom. The first-order valence-corrected chi connectivity index (χ1v) is 9.12. The molecule has 1 aliphatic carbocycles. The Hall–Kier alpha value is -2.40. The number of aryl methyl sites for hydroxylation is 1. The first-order chi connectivity index (χ1) is 13.0. The van der Waals surface area contributed by atoms with Crippen molar-refractivity contribution >= 4 is 23.1 Å². The molecule has 27 heavy (non-hydrogen) atoms. The molecule has 2 aromatic carbocycles. The summed E-state index contributed by atoms with van der Waals surface area (Å²) in [5.74, 6) is -3.35. The number of rotatable bonds is 7. The fraction of sp³-hybridized carbons (Fsp3) is 0.286. The average molecular weight is 393 g/mol. The van der Waals surface area contributed by atoms with Gasteiger partial charge in [-0.1, -0.05) is 29.8 Å². The largest absolute Gasteiger partial charge is 0.486 e. The molecule has 0 radical (unpaired) electrons. The van der Waals surface area contributed by atoms with E-state index in [4.69, 9.17) is 21.4 Å². The van der Waals surface area contributed by atoms with Gasteiger partial charge in [0.15, 0.2) is 11.6 Å². The molecule has 3 nitrogen and oxygen atoms in total. The van der Waals surface area contributed by atoms with Crippen LogP contribution in [0.25, 0.3) is 5.57 Å². The second kappa shape index (κ2) is 8.53. The van der Waals surface area contributed by atoms with Crippen LogP contribution in [-0.2, 0) is 11.2 Å². The predicted molar refractivity (Wildman–Crippen MR) is 100 cm³/mol. The van der Waals surface area contributed by atoms with Crippen LogP contribution >= 0.6 is 11.6 Å². The van der Waals surface area contributed by atoms with Crippen molar-refractivity contribution in [2.45, 2.75) is 32.1 Å². The number of hydrogen-bond acceptors (Lipinski definition) is 2. The first kappa shape index (κ1) is 19.4. The molecule has 0 aliphatic heterocycles. The molecule has 0 amide bonds. The number of allylic oxidation sites excluding steroid dienone is 1. The molecule has 3 rings (SSSR count). The third kappa shape index (κ3) is 4.66. The first-order valence-electron chi connectivity index (χ1n) is 8.74. The van der Waals surface area contributed by atoms with Gasteiger partial charge in [-0.2, -0.15) is 4.39 Å². The molecular formula is C21H19ClF2O3. The zero-order chi connectivity index (χ0) is 19.4. The van der Waals surface area contributed by atoms with E-state index in [0.29, 0.717) is 5.02 Å². The lowest BCUT2D eigenvalue weighted by molar-refractivity contribution is -0.136. The predicted octanol–water partition coefficient (Wildman–Crippen LogP) is 5.65. The normalized spacial score (nSPS) is 13.9. The second-order valence-corrected chi connectivity index (χ2v) is 6.91. The number of halogens is 3. The number of carboxylic acids is 1. The summed E-state index contributed by atoms with van der Waals surface area (Å²) in [5.41, 5.74) is 3.31. The summed E-state index contributed by atoms with van der Waals surface area (Å²) in [6.07, 6.45) is 2.42. The molecule has 6 heteroatoms. The van der Waals surface area contributed by atoms with Gasteiger partial charge in [0, 0.05) is 11.4 Å². The highest BCUT2D eigenvalue weighted by atomic mass is 35.5. The van der Waals surface area contributed by atoms with E-state index in [1.807, 2.05) is 24.3 Å². The van der Waals surface area contributed by atoms with Gasteiger partial charge in [0.1, 0.15) is 6.61 Å². The van der Waals surface area contributed by atoms with E-state index in [9.17, 15) is 13.6 Å². The van der Waals surface area contributed by atoms with Gasteiger partial charge in [-0.05, 0) is 66.2 Å². The van der Waals surface area contributed by atoms with Crippen molar-refractivity contribution in [2.24, 2.45) is 0 Å². The van der Waals surface area contributed by atoms with E-state index < -0.39 is 17.6 Å². The molecule has 142 valence electrons. The molecule has 0 atom stereocenters. The maximum absolute atomic E-state index is 14.2. The van der Waals surface area contributed by atoms with Gasteiger partial charge in [0.25, 0.3) is 0 Å². The summed E-state index contributed by atoms with van der Waals surface area (Å²) >= 11 is 5.93. The molecule has 0 saturated heterocycles. The lowest BCUT2D eigenvalue weighted by Gasteiger charge is -2.12. The second-order valence-electron chi connectivity index (χ2n) is 6.48. The zero-order valence-electron chi connectivity index (χ0n) is 14.6. The minimum Gasteiger partial charge on any atom is -0.486 e. The van der Waals surface area contributed by atoms with Crippen LogP contribution in [-0.4, -0.2) is 17.7 Å². The van der Waals surface area contributed by atoms with Crippen LogP contribution in [0.2, 0.25) is 5.02 Å². The number of carboxylic acid groups (broad SMARTS) is 1. The Bertz CT molecular complexity index is 876. The van der Waals surface area contributed by atoms with E-state index in [2.05, 4.69) is 0 Å². The Morgan fingerprint density at radius 2 is 1.81 bits per heavy atom. The van der Waals surface area contributed by atoms with Crippen LogP contribution in [0.15, 0.2) is 42.0 Å². The highest BCUT2D eigenvalue weighted by Gasteiger charge is 2.19. The molecule has 0 aromatic heterocycles. The fourth-order valence-corrected chi connectivity index (χ4v) is 3.37. The van der Waals surface area contributed by atoms with Crippen molar-refractivity contribution < 1.29 is 23.4 Å². The Kier molecular flexibility index (Phi) is 6.11. The van der Waals surface area contributed by atoms with E-state index in [-0.39, 0.29) is 30.8 Å². The minimum absolute atomic E-state index is 0.0317. The smallest absolute Gasteiger partial charge is 0.303 e. The lowest BCUT2D eigenvalue weighted by atomic mass is 10.0. The maximum atomic E-state index is 14.2. The van der Waals surface area contributed by atoms with Crippen molar-refractivity contribution in [3.8, 4) is 5.75 Å². The minimum atomic E-state index is -1.08. The van der Waals surface area contributed by atoms with Gasteiger partial charge >= 0.3 is 5.97 Å². The Labute approximate surface area is 161 Å². The molecule has 0 heterocycles. The van der Waals surface area contributed by atoms with Gasteiger partial charge in [-0.15, -0.1) is 0 Å². The third-order valence-corrected chi connectivity index (χ3v) is 4.91. The van der Waals surface area contributed by atoms with Gasteiger partial charge in [-0.3, -0.25) is 4.79 Å². The molecular weight excluding hydrogens is 374 g/mol. The molecule has 0 saturated carbocycles. The molecule has 0 spiro atoms. The number of benzene rings is 2. The fourth-order valence-electron chi connectivity index (χ4n) is 3.25. The van der Waals surface area contributed by atoms with Crippen molar-refractivity contribution in [2.75, 3.05) is 6.61 Å². The van der Waals surface area contributed by atoms with E-state index >= 15 is 0 Å². The van der Waals surface area contributed by atoms with Crippen LogP contribution in [0, 0.1) is 11.6 Å². The van der Waals surface area contributed by atoms with Crippen LogP contribution in [0.5, 0.6) is 5.75 Å². The van der Waals surface area contributed by atoms with Crippen LogP contribution in [0.3, 0.4) is 0 Å². The third-order valence-electron chi connectivity index (χ3n) is 4.66. The van der Waals surface area contributed by atoms with Gasteiger partial charge in [0.2, 0.25) is 5.82 Å². The summed E-state index contributed by atoms with van der Waals surface area (Å²) in [7, 11) is 0. The zero-order valence-corrected chi connectivity index (χ0v) is 15.4. The summed E-state index contributed by atoms with van der Waals surface area (Å²) in [5, 5.41) is 9.34. The van der Waals surface area contributed by atoms with Crippen LogP contribution in [0.4, 0.5) is 8.78 Å². The van der Waals surface area contributed by atoms with Crippen LogP contribution in [0.1, 0.15) is 36.8 Å². The number of aliphatic carboxylic acids is 1. The summed E-state index contributed by atoms with van der Waals surface area (Å²) < 4.78 is 33.9. The van der Waals surface area contributed by atoms with E-state index in [1.54, 1.807) is 0 Å². The standard InChI is InChI=1S/C21H19ClF2O3/c22-16-8-4-13(5-9-16)17-3-1-2-15(17)12-27-18-10-6-14(7-11-19(25)26)20(23)21(18)24/h4-6,8-10H,1-3,7,11-12H2,(H,25,26). The summed E-state index contributed by atoms with van der Waals surface area (Å²) in [4.78, 5) is 10.6. The number of hydrogen-bond donors (Lipinski definition) is 1. The van der Waals surface area contributed by atoms with Crippen LogP contribution < -0.4 is 4.74 Å². The maximum Gasteiger partial charge on any atom is 0.303 e. The molecule has 0 unspecified atom stereocenters. The van der Waals surface area contributed by atoms with Crippen molar-refractivity contribution in [3.63, 3.8) is 0 Å². The monoisotopic (exact) mass is 392 g/mol. The van der Waals surface area contributed by atoms with Crippen molar-refractivity contribution in [1.82, 2.24) is 0 Å².